The number of carbonyl (C=O) groups excluding carboxylic acids is 1. The third kappa shape index (κ3) is 4.33. The number of rotatable bonds is 6. The van der Waals surface area contributed by atoms with Crippen molar-refractivity contribution in [2.75, 3.05) is 31.6 Å². The fourth-order valence-corrected chi connectivity index (χ4v) is 2.18. The molecule has 1 aliphatic heterocycles. The molecule has 0 unspecified atom stereocenters. The van der Waals surface area contributed by atoms with Crippen molar-refractivity contribution in [3.8, 4) is 0 Å². The van der Waals surface area contributed by atoms with Gasteiger partial charge in [0.05, 0.1) is 17.9 Å². The number of carbonyl (C=O) groups is 1. The molecule has 106 valence electrons. The van der Waals surface area contributed by atoms with Crippen LogP contribution < -0.4 is 10.6 Å². The number of hydrogen-bond acceptors (Lipinski definition) is 4. The van der Waals surface area contributed by atoms with E-state index in [0.29, 0.717) is 12.6 Å². The molecule has 1 amide bonds. The van der Waals surface area contributed by atoms with E-state index in [1.165, 1.54) is 0 Å². The fraction of sp³-hybridized carbons (Fsp3) is 0.692. The number of anilines is 1. The van der Waals surface area contributed by atoms with Crippen molar-refractivity contribution in [1.82, 2.24) is 15.1 Å². The third-order valence-electron chi connectivity index (χ3n) is 3.15. The van der Waals surface area contributed by atoms with Crippen LogP contribution in [0.3, 0.4) is 0 Å². The van der Waals surface area contributed by atoms with Crippen LogP contribution in [0, 0.1) is 0 Å². The highest BCUT2D eigenvalue weighted by Crippen LogP contribution is 2.19. The Labute approximate surface area is 113 Å². The molecule has 0 atom stereocenters. The lowest BCUT2D eigenvalue weighted by atomic mass is 10.1. The largest absolute Gasteiger partial charge is 0.372 e. The SMILES string of the molecule is CCCOCC(=O)Nc1cnn(C2CCNCC2)c1. The summed E-state index contributed by atoms with van der Waals surface area (Å²) >= 11 is 0. The number of aromatic nitrogens is 2. The van der Waals surface area contributed by atoms with Crippen molar-refractivity contribution >= 4 is 11.6 Å². The minimum absolute atomic E-state index is 0.104. The Kier molecular flexibility index (Phi) is 5.35. The van der Waals surface area contributed by atoms with Crippen molar-refractivity contribution in [1.29, 1.82) is 0 Å². The maximum atomic E-state index is 11.6. The molecule has 1 aliphatic rings. The first-order valence-electron chi connectivity index (χ1n) is 6.92. The van der Waals surface area contributed by atoms with E-state index in [1.807, 2.05) is 17.8 Å². The molecule has 6 heteroatoms. The number of nitrogens with one attached hydrogen (secondary N) is 2. The molecule has 1 aromatic heterocycles. The van der Waals surface area contributed by atoms with Gasteiger partial charge in [-0.2, -0.15) is 5.10 Å². The van der Waals surface area contributed by atoms with Crippen LogP contribution in [0.5, 0.6) is 0 Å². The quantitative estimate of drug-likeness (QED) is 0.759. The molecule has 2 N–H and O–H groups in total. The zero-order valence-electron chi connectivity index (χ0n) is 11.4. The lowest BCUT2D eigenvalue weighted by Crippen LogP contribution is -2.29. The first-order valence-corrected chi connectivity index (χ1v) is 6.92. The van der Waals surface area contributed by atoms with Gasteiger partial charge < -0.3 is 15.4 Å². The summed E-state index contributed by atoms with van der Waals surface area (Å²) in [5.74, 6) is -0.127. The minimum Gasteiger partial charge on any atom is -0.372 e. The van der Waals surface area contributed by atoms with E-state index in [0.717, 1.165) is 38.0 Å². The van der Waals surface area contributed by atoms with E-state index in [1.54, 1.807) is 6.20 Å². The van der Waals surface area contributed by atoms with Gasteiger partial charge in [0.25, 0.3) is 0 Å². The molecule has 0 aromatic carbocycles. The minimum atomic E-state index is -0.127. The summed E-state index contributed by atoms with van der Waals surface area (Å²) in [4.78, 5) is 11.6. The molecular weight excluding hydrogens is 244 g/mol. The fourth-order valence-electron chi connectivity index (χ4n) is 2.18. The van der Waals surface area contributed by atoms with Crippen LogP contribution in [0.4, 0.5) is 5.69 Å². The predicted octanol–water partition coefficient (Wildman–Crippen LogP) is 1.17. The summed E-state index contributed by atoms with van der Waals surface area (Å²) in [7, 11) is 0. The van der Waals surface area contributed by atoms with Gasteiger partial charge >= 0.3 is 0 Å². The highest BCUT2D eigenvalue weighted by Gasteiger charge is 2.16. The number of nitrogens with zero attached hydrogens (tertiary/aromatic N) is 2. The normalized spacial score (nSPS) is 16.5. The number of ether oxygens (including phenoxy) is 1. The molecular formula is C13H22N4O2. The van der Waals surface area contributed by atoms with Crippen LogP contribution >= 0.6 is 0 Å². The van der Waals surface area contributed by atoms with Gasteiger partial charge in [-0.1, -0.05) is 6.92 Å². The van der Waals surface area contributed by atoms with Gasteiger partial charge in [-0.05, 0) is 32.4 Å². The number of piperidine rings is 1. The highest BCUT2D eigenvalue weighted by atomic mass is 16.5. The molecule has 19 heavy (non-hydrogen) atoms. The Morgan fingerprint density at radius 3 is 3.11 bits per heavy atom. The van der Waals surface area contributed by atoms with Crippen LogP contribution in [-0.2, 0) is 9.53 Å². The van der Waals surface area contributed by atoms with E-state index in [-0.39, 0.29) is 12.5 Å². The summed E-state index contributed by atoms with van der Waals surface area (Å²) in [6, 6.07) is 0.434. The Morgan fingerprint density at radius 2 is 2.37 bits per heavy atom. The molecule has 1 aromatic rings. The summed E-state index contributed by atoms with van der Waals surface area (Å²) in [5.41, 5.74) is 0.739. The monoisotopic (exact) mass is 266 g/mol. The smallest absolute Gasteiger partial charge is 0.250 e. The molecule has 6 nitrogen and oxygen atoms in total. The van der Waals surface area contributed by atoms with Gasteiger partial charge in [-0.25, -0.2) is 0 Å². The van der Waals surface area contributed by atoms with Gasteiger partial charge in [-0.3, -0.25) is 9.48 Å². The molecule has 2 heterocycles. The van der Waals surface area contributed by atoms with E-state index < -0.39 is 0 Å². The van der Waals surface area contributed by atoms with Gasteiger partial charge in [0.2, 0.25) is 5.91 Å². The van der Waals surface area contributed by atoms with Gasteiger partial charge in [0, 0.05) is 12.8 Å². The van der Waals surface area contributed by atoms with Gasteiger partial charge in [-0.15, -0.1) is 0 Å². The molecule has 0 saturated carbocycles. The molecule has 2 rings (SSSR count). The van der Waals surface area contributed by atoms with Crippen molar-refractivity contribution in [3.05, 3.63) is 12.4 Å². The lowest BCUT2D eigenvalue weighted by Gasteiger charge is -2.22. The maximum Gasteiger partial charge on any atom is 0.250 e. The van der Waals surface area contributed by atoms with E-state index in [9.17, 15) is 4.79 Å². The van der Waals surface area contributed by atoms with Crippen molar-refractivity contribution < 1.29 is 9.53 Å². The predicted molar refractivity (Wildman–Crippen MR) is 73.1 cm³/mol. The third-order valence-corrected chi connectivity index (χ3v) is 3.15. The van der Waals surface area contributed by atoms with Crippen LogP contribution in [0.25, 0.3) is 0 Å². The summed E-state index contributed by atoms with van der Waals surface area (Å²) in [6.45, 7) is 4.78. The zero-order valence-corrected chi connectivity index (χ0v) is 11.4. The number of amides is 1. The average molecular weight is 266 g/mol. The first kappa shape index (κ1) is 14.0. The number of hydrogen-bond donors (Lipinski definition) is 2. The van der Waals surface area contributed by atoms with Crippen LogP contribution in [0.2, 0.25) is 0 Å². The van der Waals surface area contributed by atoms with Gasteiger partial charge in [0.1, 0.15) is 6.61 Å². The van der Waals surface area contributed by atoms with Crippen molar-refractivity contribution in [2.24, 2.45) is 0 Å². The second-order valence-electron chi connectivity index (χ2n) is 4.79. The second-order valence-corrected chi connectivity index (χ2v) is 4.79. The van der Waals surface area contributed by atoms with Crippen LogP contribution in [-0.4, -0.2) is 42.0 Å². The van der Waals surface area contributed by atoms with Gasteiger partial charge in [0.15, 0.2) is 0 Å². The molecule has 0 bridgehead atoms. The first-order chi connectivity index (χ1) is 9.29. The average Bonchev–Trinajstić information content (AvgIpc) is 2.88. The van der Waals surface area contributed by atoms with E-state index in [2.05, 4.69) is 15.7 Å². The highest BCUT2D eigenvalue weighted by molar-refractivity contribution is 5.91. The van der Waals surface area contributed by atoms with Crippen molar-refractivity contribution in [2.45, 2.75) is 32.2 Å². The molecule has 0 aliphatic carbocycles. The van der Waals surface area contributed by atoms with E-state index >= 15 is 0 Å². The molecule has 1 saturated heterocycles. The Morgan fingerprint density at radius 1 is 1.58 bits per heavy atom. The summed E-state index contributed by atoms with van der Waals surface area (Å²) < 4.78 is 7.14. The Balaban J connectivity index is 1.81. The Bertz CT molecular complexity index is 399. The summed E-state index contributed by atoms with van der Waals surface area (Å²) in [5, 5.41) is 10.4. The van der Waals surface area contributed by atoms with Crippen LogP contribution in [0.1, 0.15) is 32.2 Å². The summed E-state index contributed by atoms with van der Waals surface area (Å²) in [6.07, 6.45) is 6.66. The lowest BCUT2D eigenvalue weighted by molar-refractivity contribution is -0.120. The second kappa shape index (κ2) is 7.25. The molecule has 0 spiro atoms. The zero-order chi connectivity index (χ0) is 13.5. The van der Waals surface area contributed by atoms with Crippen LogP contribution in [0.15, 0.2) is 12.4 Å². The maximum absolute atomic E-state index is 11.6. The van der Waals surface area contributed by atoms with Crippen molar-refractivity contribution in [3.63, 3.8) is 0 Å². The Hall–Kier alpha value is -1.40. The van der Waals surface area contributed by atoms with E-state index in [4.69, 9.17) is 4.74 Å². The standard InChI is InChI=1S/C13H22N4O2/c1-2-7-19-10-13(18)16-11-8-15-17(9-11)12-3-5-14-6-4-12/h8-9,12,14H,2-7,10H2,1H3,(H,16,18). The topological polar surface area (TPSA) is 68.2 Å². The molecule has 1 fully saturated rings. The molecule has 0 radical (unpaired) electrons.